The highest BCUT2D eigenvalue weighted by Crippen LogP contribution is 2.57. The third kappa shape index (κ3) is 5.47. The molecule has 3 aliphatic heterocycles. The van der Waals surface area contributed by atoms with E-state index in [-0.39, 0.29) is 39.9 Å². The number of carbonyl (C=O) groups is 3. The first-order valence-electron chi connectivity index (χ1n) is 14.5. The summed E-state index contributed by atoms with van der Waals surface area (Å²) in [5.74, 6) is -2.18. The van der Waals surface area contributed by atoms with Gasteiger partial charge in [0.1, 0.15) is 11.2 Å². The average Bonchev–Trinajstić information content (AvgIpc) is 3.39. The number of likely N-dealkylation sites (tertiary alicyclic amines) is 1. The number of hydrogen-bond donors (Lipinski definition) is 4. The van der Waals surface area contributed by atoms with Crippen LogP contribution in [-0.2, 0) is 15.0 Å². The average molecular weight is 619 g/mol. The van der Waals surface area contributed by atoms with Crippen LogP contribution in [0.25, 0.3) is 0 Å². The predicted molar refractivity (Wildman–Crippen MR) is 163 cm³/mol. The van der Waals surface area contributed by atoms with Crippen molar-refractivity contribution in [1.82, 2.24) is 20.9 Å². The van der Waals surface area contributed by atoms with E-state index in [1.165, 1.54) is 6.07 Å². The molecule has 0 unspecified atom stereocenters. The number of anilines is 1. The molecule has 4 atom stereocenters. The number of carbonyl (C=O) groups excluding carboxylic acids is 3. The molecule has 1 spiro atoms. The molecule has 0 aromatic heterocycles. The molecule has 2 aromatic carbocycles. The van der Waals surface area contributed by atoms with Crippen molar-refractivity contribution in [2.24, 2.45) is 5.41 Å². The lowest BCUT2D eigenvalue weighted by Gasteiger charge is -2.38. The zero-order valence-electron chi connectivity index (χ0n) is 24.3. The molecule has 0 bridgehead atoms. The summed E-state index contributed by atoms with van der Waals surface area (Å²) in [7, 11) is 0. The maximum Gasteiger partial charge on any atom is 0.317 e. The fraction of sp³-hybridized carbons (Fsp3) is 0.516. The number of rotatable bonds is 5. The molecule has 42 heavy (non-hydrogen) atoms. The molecule has 4 amide bonds. The quantitative estimate of drug-likeness (QED) is 0.371. The largest absolute Gasteiger partial charge is 0.352 e. The Morgan fingerprint density at radius 1 is 1.14 bits per heavy atom. The summed E-state index contributed by atoms with van der Waals surface area (Å²) in [6, 6.07) is 8.22. The molecule has 8 nitrogen and oxygen atoms in total. The molecular weight excluding hydrogens is 580 g/mol. The number of nitrogens with one attached hydrogen (secondary N) is 4. The van der Waals surface area contributed by atoms with Gasteiger partial charge in [0.2, 0.25) is 11.8 Å². The Morgan fingerprint density at radius 2 is 1.86 bits per heavy atom. The molecule has 0 radical (unpaired) electrons. The topological polar surface area (TPSA) is 103 Å². The van der Waals surface area contributed by atoms with Gasteiger partial charge in [-0.1, -0.05) is 62.2 Å². The van der Waals surface area contributed by atoms with Crippen molar-refractivity contribution in [3.8, 4) is 0 Å². The van der Waals surface area contributed by atoms with E-state index in [1.807, 2.05) is 6.92 Å². The third-order valence-electron chi connectivity index (χ3n) is 8.68. The van der Waals surface area contributed by atoms with Crippen LogP contribution in [0.4, 0.5) is 14.9 Å². The van der Waals surface area contributed by atoms with E-state index in [2.05, 4.69) is 42.0 Å². The first-order valence-corrected chi connectivity index (χ1v) is 15.3. The maximum atomic E-state index is 15.9. The smallest absolute Gasteiger partial charge is 0.317 e. The summed E-state index contributed by atoms with van der Waals surface area (Å²) in [6.45, 7) is 9.65. The van der Waals surface area contributed by atoms with Crippen LogP contribution in [0.5, 0.6) is 0 Å². The van der Waals surface area contributed by atoms with Gasteiger partial charge in [-0.3, -0.25) is 9.59 Å². The normalized spacial score (nSPS) is 25.8. The van der Waals surface area contributed by atoms with E-state index in [4.69, 9.17) is 23.2 Å². The van der Waals surface area contributed by atoms with Crippen molar-refractivity contribution in [1.29, 1.82) is 0 Å². The molecule has 2 aromatic rings. The van der Waals surface area contributed by atoms with Crippen molar-refractivity contribution in [3.05, 3.63) is 63.4 Å². The van der Waals surface area contributed by atoms with Crippen LogP contribution in [0.3, 0.4) is 0 Å². The minimum Gasteiger partial charge on any atom is -0.352 e. The highest BCUT2D eigenvalue weighted by atomic mass is 35.5. The van der Waals surface area contributed by atoms with Gasteiger partial charge in [0.15, 0.2) is 0 Å². The van der Waals surface area contributed by atoms with E-state index >= 15 is 4.39 Å². The van der Waals surface area contributed by atoms with E-state index in [0.29, 0.717) is 55.2 Å². The molecule has 2 fully saturated rings. The lowest BCUT2D eigenvalue weighted by atomic mass is 9.62. The number of piperidine rings is 1. The van der Waals surface area contributed by atoms with E-state index in [9.17, 15) is 14.4 Å². The van der Waals surface area contributed by atoms with Crippen molar-refractivity contribution in [2.75, 3.05) is 25.0 Å². The molecule has 3 heterocycles. The first-order chi connectivity index (χ1) is 19.9. The first kappa shape index (κ1) is 30.6. The maximum absolute atomic E-state index is 15.9. The molecule has 226 valence electrons. The zero-order chi connectivity index (χ0) is 30.4. The second-order valence-electron chi connectivity index (χ2n) is 12.7. The number of hydrogen-bond acceptors (Lipinski definition) is 4. The summed E-state index contributed by atoms with van der Waals surface area (Å²) in [5.41, 5.74) is -0.0968. The van der Waals surface area contributed by atoms with Crippen LogP contribution in [0.15, 0.2) is 36.4 Å². The van der Waals surface area contributed by atoms with Gasteiger partial charge in [0.05, 0.1) is 11.1 Å². The number of benzene rings is 2. The summed E-state index contributed by atoms with van der Waals surface area (Å²) in [5, 5.41) is 12.9. The van der Waals surface area contributed by atoms with E-state index < -0.39 is 29.2 Å². The van der Waals surface area contributed by atoms with Crippen molar-refractivity contribution < 1.29 is 18.8 Å². The summed E-state index contributed by atoms with van der Waals surface area (Å²) >= 11 is 12.6. The lowest BCUT2D eigenvalue weighted by molar-refractivity contribution is -0.124. The SMILES string of the molecule is CCNC(=O)N1CCC(NC(=O)[C@@H]2N[C@H](CC(C)(C)C)[C@]3(C(=O)Nc4cc(Cl)ccc43)[C@H]2c2cccc(Cl)c2F)CC1. The third-order valence-corrected chi connectivity index (χ3v) is 9.20. The Kier molecular flexibility index (Phi) is 8.49. The fourth-order valence-corrected chi connectivity index (χ4v) is 7.29. The molecule has 0 saturated carbocycles. The summed E-state index contributed by atoms with van der Waals surface area (Å²) in [6.07, 6.45) is 1.71. The standard InChI is InChI=1S/C31H38Cl2FN5O3/c1-5-35-29(42)39-13-11-18(12-14-39)36-27(40)26-24(19-7-6-8-21(33)25(19)34)31(23(38-26)16-30(2,3)4)20-10-9-17(32)15-22(20)37-28(31)41/h6-10,15,18,23-24,26,38H,5,11-14,16H2,1-4H3,(H,35,42)(H,36,40)(H,37,41)/t23-,24+,26-,31+/m1/s1. The molecule has 3 aliphatic rings. The van der Waals surface area contributed by atoms with Crippen LogP contribution in [0.1, 0.15) is 64.0 Å². The van der Waals surface area contributed by atoms with Gasteiger partial charge in [-0.15, -0.1) is 0 Å². The second kappa shape index (κ2) is 11.7. The molecule has 0 aliphatic carbocycles. The van der Waals surface area contributed by atoms with Crippen LogP contribution in [0, 0.1) is 11.2 Å². The Hall–Kier alpha value is -2.88. The van der Waals surface area contributed by atoms with Gasteiger partial charge in [-0.25, -0.2) is 9.18 Å². The second-order valence-corrected chi connectivity index (χ2v) is 13.5. The minimum absolute atomic E-state index is 0.0754. The highest BCUT2D eigenvalue weighted by molar-refractivity contribution is 6.31. The number of urea groups is 1. The van der Waals surface area contributed by atoms with Crippen LogP contribution in [0.2, 0.25) is 10.0 Å². The van der Waals surface area contributed by atoms with Crippen LogP contribution >= 0.6 is 23.2 Å². The number of nitrogens with zero attached hydrogens (tertiary/aromatic N) is 1. The van der Waals surface area contributed by atoms with Gasteiger partial charge in [-0.2, -0.15) is 0 Å². The van der Waals surface area contributed by atoms with Gasteiger partial charge < -0.3 is 26.2 Å². The van der Waals surface area contributed by atoms with Crippen LogP contribution in [-0.4, -0.2) is 60.5 Å². The van der Waals surface area contributed by atoms with Crippen LogP contribution < -0.4 is 21.3 Å². The summed E-state index contributed by atoms with van der Waals surface area (Å²) in [4.78, 5) is 42.4. The summed E-state index contributed by atoms with van der Waals surface area (Å²) < 4.78 is 15.9. The Morgan fingerprint density at radius 3 is 2.52 bits per heavy atom. The van der Waals surface area contributed by atoms with Gasteiger partial charge in [0, 0.05) is 48.3 Å². The molecular formula is C31H38Cl2FN5O3. The van der Waals surface area contributed by atoms with E-state index in [1.54, 1.807) is 35.2 Å². The lowest BCUT2D eigenvalue weighted by Crippen LogP contribution is -2.53. The minimum atomic E-state index is -1.30. The Balaban J connectivity index is 1.56. The molecule has 2 saturated heterocycles. The predicted octanol–water partition coefficient (Wildman–Crippen LogP) is 5.19. The van der Waals surface area contributed by atoms with Crippen molar-refractivity contribution in [3.63, 3.8) is 0 Å². The van der Waals surface area contributed by atoms with Crippen molar-refractivity contribution in [2.45, 2.75) is 76.4 Å². The van der Waals surface area contributed by atoms with Gasteiger partial charge in [0.25, 0.3) is 0 Å². The zero-order valence-corrected chi connectivity index (χ0v) is 25.8. The van der Waals surface area contributed by atoms with Gasteiger partial charge in [-0.05, 0) is 60.9 Å². The Labute approximate surface area is 256 Å². The number of halogens is 3. The van der Waals surface area contributed by atoms with Crippen molar-refractivity contribution >= 4 is 46.7 Å². The molecule has 4 N–H and O–H groups in total. The van der Waals surface area contributed by atoms with Gasteiger partial charge >= 0.3 is 6.03 Å². The monoisotopic (exact) mass is 617 g/mol. The molecule has 5 rings (SSSR count). The molecule has 11 heteroatoms. The number of fused-ring (bicyclic) bond motifs is 2. The highest BCUT2D eigenvalue weighted by Gasteiger charge is 2.66. The van der Waals surface area contributed by atoms with E-state index in [0.717, 1.165) is 0 Å². The Bertz CT molecular complexity index is 1390. The number of amides is 4. The fourth-order valence-electron chi connectivity index (χ4n) is 6.93.